The van der Waals surface area contributed by atoms with Crippen molar-refractivity contribution < 1.29 is 14.3 Å². The van der Waals surface area contributed by atoms with Crippen molar-refractivity contribution in [3.8, 4) is 10.6 Å². The Kier molecular flexibility index (Phi) is 3.89. The number of aromatic nitrogens is 1. The van der Waals surface area contributed by atoms with Gasteiger partial charge < -0.3 is 5.11 Å². The van der Waals surface area contributed by atoms with Gasteiger partial charge in [0.15, 0.2) is 0 Å². The van der Waals surface area contributed by atoms with Crippen molar-refractivity contribution in [1.82, 2.24) is 9.88 Å². The third-order valence-electron chi connectivity index (χ3n) is 5.40. The Morgan fingerprint density at radius 1 is 1.42 bits per heavy atom. The number of benzene rings is 1. The van der Waals surface area contributed by atoms with E-state index in [4.69, 9.17) is 0 Å². The first-order valence-corrected chi connectivity index (χ1v) is 9.11. The van der Waals surface area contributed by atoms with Gasteiger partial charge in [0.2, 0.25) is 0 Å². The molecule has 4 rings (SSSR count). The maximum atomic E-state index is 13.0. The predicted molar refractivity (Wildman–Crippen MR) is 90.2 cm³/mol. The van der Waals surface area contributed by atoms with Gasteiger partial charge in [-0.3, -0.25) is 9.69 Å². The standard InChI is InChI=1S/C18H19FN2O2S/c19-14-5-3-12(4-6-14)16-20-15(10-24-16)9-21-8-13-2-1-7-18(13,11-21)17(22)23/h3-6,10,13H,1-2,7-9,11H2,(H,22,23)/t13-,18+/m0/s1. The van der Waals surface area contributed by atoms with Gasteiger partial charge in [-0.15, -0.1) is 11.3 Å². The molecule has 2 heterocycles. The summed E-state index contributed by atoms with van der Waals surface area (Å²) in [6.45, 7) is 2.15. The highest BCUT2D eigenvalue weighted by Gasteiger charge is 2.54. The molecule has 2 aromatic rings. The molecule has 0 bridgehead atoms. The second-order valence-corrected chi connectivity index (χ2v) is 7.73. The molecule has 1 aromatic carbocycles. The monoisotopic (exact) mass is 346 g/mol. The van der Waals surface area contributed by atoms with Crippen molar-refractivity contribution in [2.75, 3.05) is 13.1 Å². The minimum absolute atomic E-state index is 0.252. The van der Waals surface area contributed by atoms with E-state index >= 15 is 0 Å². The number of nitrogens with zero attached hydrogens (tertiary/aromatic N) is 2. The van der Waals surface area contributed by atoms with Gasteiger partial charge in [-0.2, -0.15) is 0 Å². The molecule has 0 spiro atoms. The van der Waals surface area contributed by atoms with E-state index in [0.717, 1.165) is 42.1 Å². The summed E-state index contributed by atoms with van der Waals surface area (Å²) < 4.78 is 13.0. The number of halogens is 1. The third kappa shape index (κ3) is 2.63. The summed E-state index contributed by atoms with van der Waals surface area (Å²) in [6, 6.07) is 6.35. The lowest BCUT2D eigenvalue weighted by atomic mass is 9.81. The summed E-state index contributed by atoms with van der Waals surface area (Å²) in [5.41, 5.74) is 1.32. The van der Waals surface area contributed by atoms with Crippen molar-refractivity contribution in [3.05, 3.63) is 41.2 Å². The lowest BCUT2D eigenvalue weighted by Crippen LogP contribution is -2.35. The minimum Gasteiger partial charge on any atom is -0.481 e. The fourth-order valence-electron chi connectivity index (χ4n) is 4.20. The fraction of sp³-hybridized carbons (Fsp3) is 0.444. The first-order valence-electron chi connectivity index (χ1n) is 8.23. The number of hydrogen-bond acceptors (Lipinski definition) is 4. The topological polar surface area (TPSA) is 53.4 Å². The Balaban J connectivity index is 1.47. The zero-order chi connectivity index (χ0) is 16.7. The first kappa shape index (κ1) is 15.7. The van der Waals surface area contributed by atoms with Crippen LogP contribution in [-0.4, -0.2) is 34.0 Å². The van der Waals surface area contributed by atoms with Crippen molar-refractivity contribution >= 4 is 17.3 Å². The Bertz CT molecular complexity index is 761. The van der Waals surface area contributed by atoms with E-state index in [2.05, 4.69) is 9.88 Å². The molecular formula is C18H19FN2O2S. The van der Waals surface area contributed by atoms with Crippen LogP contribution < -0.4 is 0 Å². The third-order valence-corrected chi connectivity index (χ3v) is 6.34. The normalized spacial score (nSPS) is 26.6. The fourth-order valence-corrected chi connectivity index (χ4v) is 5.01. The summed E-state index contributed by atoms with van der Waals surface area (Å²) in [4.78, 5) is 18.6. The van der Waals surface area contributed by atoms with Crippen molar-refractivity contribution in [3.63, 3.8) is 0 Å². The van der Waals surface area contributed by atoms with Crippen LogP contribution in [0.2, 0.25) is 0 Å². The molecule has 0 unspecified atom stereocenters. The van der Waals surface area contributed by atoms with E-state index < -0.39 is 11.4 Å². The number of rotatable bonds is 4. The Hall–Kier alpha value is -1.79. The van der Waals surface area contributed by atoms with Gasteiger partial charge >= 0.3 is 5.97 Å². The Morgan fingerprint density at radius 3 is 2.92 bits per heavy atom. The molecule has 6 heteroatoms. The maximum Gasteiger partial charge on any atom is 0.311 e. The highest BCUT2D eigenvalue weighted by molar-refractivity contribution is 7.13. The molecule has 2 aliphatic rings. The molecule has 2 fully saturated rings. The van der Waals surface area contributed by atoms with Gasteiger partial charge in [0.25, 0.3) is 0 Å². The van der Waals surface area contributed by atoms with Gasteiger partial charge in [0, 0.05) is 30.6 Å². The highest BCUT2D eigenvalue weighted by Crippen LogP contribution is 2.49. The van der Waals surface area contributed by atoms with Crippen molar-refractivity contribution in [2.24, 2.45) is 11.3 Å². The van der Waals surface area contributed by atoms with Gasteiger partial charge in [-0.05, 0) is 43.0 Å². The molecule has 24 heavy (non-hydrogen) atoms. The largest absolute Gasteiger partial charge is 0.481 e. The minimum atomic E-state index is -0.641. The highest BCUT2D eigenvalue weighted by atomic mass is 32.1. The number of carboxylic acid groups (broad SMARTS) is 1. The lowest BCUT2D eigenvalue weighted by Gasteiger charge is -2.23. The molecule has 1 saturated heterocycles. The average Bonchev–Trinajstić information content (AvgIpc) is 3.22. The number of aliphatic carboxylic acids is 1. The van der Waals surface area contributed by atoms with E-state index in [-0.39, 0.29) is 11.7 Å². The van der Waals surface area contributed by atoms with E-state index in [1.165, 1.54) is 12.1 Å². The number of carbonyl (C=O) groups is 1. The van der Waals surface area contributed by atoms with Crippen LogP contribution in [0.25, 0.3) is 10.6 Å². The number of thiazole rings is 1. The molecule has 1 aromatic heterocycles. The van der Waals surface area contributed by atoms with Crippen LogP contribution in [0.15, 0.2) is 29.6 Å². The van der Waals surface area contributed by atoms with E-state index in [9.17, 15) is 14.3 Å². The molecule has 1 aliphatic carbocycles. The van der Waals surface area contributed by atoms with Crippen LogP contribution in [0.1, 0.15) is 25.0 Å². The summed E-state index contributed by atoms with van der Waals surface area (Å²) >= 11 is 1.54. The van der Waals surface area contributed by atoms with Crippen LogP contribution >= 0.6 is 11.3 Å². The van der Waals surface area contributed by atoms with Crippen molar-refractivity contribution in [1.29, 1.82) is 0 Å². The lowest BCUT2D eigenvalue weighted by molar-refractivity contribution is -0.149. The van der Waals surface area contributed by atoms with Gasteiger partial charge in [-0.25, -0.2) is 9.37 Å². The summed E-state index contributed by atoms with van der Waals surface area (Å²) in [7, 11) is 0. The first-order chi connectivity index (χ1) is 11.6. The second-order valence-electron chi connectivity index (χ2n) is 6.87. The molecule has 2 atom stereocenters. The summed E-state index contributed by atoms with van der Waals surface area (Å²) in [5, 5.41) is 12.5. The number of carboxylic acids is 1. The quantitative estimate of drug-likeness (QED) is 0.918. The zero-order valence-corrected chi connectivity index (χ0v) is 14.1. The molecule has 1 N–H and O–H groups in total. The number of hydrogen-bond donors (Lipinski definition) is 1. The molecular weight excluding hydrogens is 327 g/mol. The van der Waals surface area contributed by atoms with Crippen LogP contribution in [0.5, 0.6) is 0 Å². The van der Waals surface area contributed by atoms with E-state index in [1.54, 1.807) is 23.5 Å². The van der Waals surface area contributed by atoms with Crippen LogP contribution in [0, 0.1) is 17.2 Å². The Morgan fingerprint density at radius 2 is 2.21 bits per heavy atom. The molecule has 0 amide bonds. The molecule has 0 radical (unpaired) electrons. The second kappa shape index (κ2) is 5.93. The number of likely N-dealkylation sites (tertiary alicyclic amines) is 1. The molecule has 4 nitrogen and oxygen atoms in total. The summed E-state index contributed by atoms with van der Waals surface area (Å²) in [5.74, 6) is -0.624. The van der Waals surface area contributed by atoms with Crippen molar-refractivity contribution in [2.45, 2.75) is 25.8 Å². The SMILES string of the molecule is O=C(O)[C@@]12CCC[C@H]1CN(Cc1csc(-c3ccc(F)cc3)n1)C2. The average molecular weight is 346 g/mol. The smallest absolute Gasteiger partial charge is 0.311 e. The van der Waals surface area contributed by atoms with Crippen LogP contribution in [0.3, 0.4) is 0 Å². The van der Waals surface area contributed by atoms with E-state index in [1.807, 2.05) is 5.38 Å². The molecule has 1 saturated carbocycles. The zero-order valence-electron chi connectivity index (χ0n) is 13.2. The van der Waals surface area contributed by atoms with Crippen LogP contribution in [0.4, 0.5) is 4.39 Å². The summed E-state index contributed by atoms with van der Waals surface area (Å²) in [6.07, 6.45) is 2.83. The maximum absolute atomic E-state index is 13.0. The molecule has 126 valence electrons. The predicted octanol–water partition coefficient (Wildman–Crippen LogP) is 3.64. The Labute approximate surface area is 144 Å². The van der Waals surface area contributed by atoms with Gasteiger partial charge in [-0.1, -0.05) is 6.42 Å². The van der Waals surface area contributed by atoms with Gasteiger partial charge in [0.05, 0.1) is 11.1 Å². The van der Waals surface area contributed by atoms with Crippen LogP contribution in [-0.2, 0) is 11.3 Å². The van der Waals surface area contributed by atoms with E-state index in [0.29, 0.717) is 13.1 Å². The van der Waals surface area contributed by atoms with Gasteiger partial charge in [0.1, 0.15) is 10.8 Å². The molecule has 1 aliphatic heterocycles. The number of fused-ring (bicyclic) bond motifs is 1.